The Morgan fingerprint density at radius 1 is 1.04 bits per heavy atom. The van der Waals surface area contributed by atoms with Crippen LogP contribution in [0.15, 0.2) is 35.3 Å². The zero-order valence-electron chi connectivity index (χ0n) is 14.5. The van der Waals surface area contributed by atoms with Crippen LogP contribution in [0.25, 0.3) is 0 Å². The van der Waals surface area contributed by atoms with Crippen molar-refractivity contribution in [2.24, 2.45) is 4.99 Å². The first kappa shape index (κ1) is 22.2. The molecule has 0 bridgehead atoms. The van der Waals surface area contributed by atoms with Crippen LogP contribution in [0.5, 0.6) is 0 Å². The van der Waals surface area contributed by atoms with Crippen LogP contribution in [0, 0.1) is 0 Å². The lowest BCUT2D eigenvalue weighted by Gasteiger charge is -2.11. The quantitative estimate of drug-likeness (QED) is 0.243. The molecule has 0 atom stereocenters. The number of nitrogens with zero attached hydrogens (tertiary/aromatic N) is 1. The van der Waals surface area contributed by atoms with Crippen LogP contribution in [0.1, 0.15) is 38.7 Å². The van der Waals surface area contributed by atoms with Gasteiger partial charge in [0.1, 0.15) is 0 Å². The second-order valence-corrected chi connectivity index (χ2v) is 5.18. The van der Waals surface area contributed by atoms with E-state index in [-0.39, 0.29) is 24.0 Å². The van der Waals surface area contributed by atoms with Gasteiger partial charge in [-0.2, -0.15) is 0 Å². The summed E-state index contributed by atoms with van der Waals surface area (Å²) in [6.07, 6.45) is 4.35. The Bertz CT molecular complexity index is 399. The van der Waals surface area contributed by atoms with Crippen molar-refractivity contribution in [1.29, 1.82) is 0 Å². The third kappa shape index (κ3) is 12.3. The van der Waals surface area contributed by atoms with Gasteiger partial charge in [0.25, 0.3) is 0 Å². The first-order valence-corrected chi connectivity index (χ1v) is 8.50. The van der Waals surface area contributed by atoms with E-state index in [2.05, 4.69) is 52.9 Å². The van der Waals surface area contributed by atoms with E-state index in [4.69, 9.17) is 4.74 Å². The summed E-state index contributed by atoms with van der Waals surface area (Å²) in [6.45, 7) is 8.46. The number of halogens is 1. The van der Waals surface area contributed by atoms with Gasteiger partial charge in [-0.25, -0.2) is 0 Å². The monoisotopic (exact) mass is 433 g/mol. The van der Waals surface area contributed by atoms with Gasteiger partial charge in [0, 0.05) is 32.8 Å². The number of guanidine groups is 1. The number of aryl methyl sites for hydroxylation is 1. The van der Waals surface area contributed by atoms with Crippen molar-refractivity contribution in [1.82, 2.24) is 10.6 Å². The van der Waals surface area contributed by atoms with Crippen molar-refractivity contribution in [3.63, 3.8) is 0 Å². The summed E-state index contributed by atoms with van der Waals surface area (Å²) < 4.78 is 5.34. The van der Waals surface area contributed by atoms with Crippen LogP contribution in [-0.2, 0) is 11.2 Å². The highest BCUT2D eigenvalue weighted by Crippen LogP contribution is 2.02. The molecule has 23 heavy (non-hydrogen) atoms. The third-order valence-electron chi connectivity index (χ3n) is 3.29. The lowest BCUT2D eigenvalue weighted by Crippen LogP contribution is -2.38. The zero-order valence-corrected chi connectivity index (χ0v) is 16.8. The Morgan fingerprint density at radius 3 is 2.52 bits per heavy atom. The van der Waals surface area contributed by atoms with Crippen LogP contribution < -0.4 is 10.6 Å². The second kappa shape index (κ2) is 16.1. The van der Waals surface area contributed by atoms with Gasteiger partial charge in [-0.3, -0.25) is 4.99 Å². The molecule has 0 saturated carbocycles. The molecule has 0 radical (unpaired) electrons. The van der Waals surface area contributed by atoms with Crippen molar-refractivity contribution in [3.05, 3.63) is 35.9 Å². The molecule has 132 valence electrons. The summed E-state index contributed by atoms with van der Waals surface area (Å²) in [5.41, 5.74) is 1.38. The van der Waals surface area contributed by atoms with Crippen molar-refractivity contribution in [2.75, 3.05) is 32.8 Å². The molecule has 0 aromatic heterocycles. The molecule has 0 aliphatic heterocycles. The van der Waals surface area contributed by atoms with Crippen LogP contribution in [0.4, 0.5) is 0 Å². The summed E-state index contributed by atoms with van der Waals surface area (Å²) in [6, 6.07) is 10.6. The van der Waals surface area contributed by atoms with Gasteiger partial charge in [0.15, 0.2) is 5.96 Å². The lowest BCUT2D eigenvalue weighted by molar-refractivity contribution is 0.143. The molecule has 1 aromatic carbocycles. The predicted octanol–water partition coefficient (Wildman–Crippen LogP) is 3.61. The zero-order chi connectivity index (χ0) is 15.9. The molecular weight excluding hydrogens is 401 g/mol. The van der Waals surface area contributed by atoms with E-state index in [1.54, 1.807) is 0 Å². The number of aliphatic imine (C=N–C) groups is 1. The fourth-order valence-corrected chi connectivity index (χ4v) is 2.14. The van der Waals surface area contributed by atoms with Gasteiger partial charge < -0.3 is 15.4 Å². The first-order chi connectivity index (χ1) is 10.9. The van der Waals surface area contributed by atoms with Crippen LogP contribution in [0.2, 0.25) is 0 Å². The lowest BCUT2D eigenvalue weighted by atomic mass is 10.1. The van der Waals surface area contributed by atoms with E-state index in [9.17, 15) is 0 Å². The highest BCUT2D eigenvalue weighted by molar-refractivity contribution is 14.0. The molecule has 4 nitrogen and oxygen atoms in total. The van der Waals surface area contributed by atoms with Gasteiger partial charge in [-0.1, -0.05) is 30.3 Å². The Morgan fingerprint density at radius 2 is 1.83 bits per heavy atom. The molecule has 1 aromatic rings. The molecule has 2 N–H and O–H groups in total. The van der Waals surface area contributed by atoms with Crippen LogP contribution >= 0.6 is 24.0 Å². The average molecular weight is 433 g/mol. The molecule has 0 heterocycles. The minimum absolute atomic E-state index is 0. The van der Waals surface area contributed by atoms with E-state index < -0.39 is 0 Å². The number of nitrogens with one attached hydrogen (secondary N) is 2. The highest BCUT2D eigenvalue weighted by Gasteiger charge is 1.97. The molecule has 0 aliphatic rings. The standard InChI is InChI=1S/C18H31N3O.HI/c1-3-19-18(20-14-8-9-16-22-4-2)21-15-10-13-17-11-6-5-7-12-17;/h5-7,11-12H,3-4,8-10,13-16H2,1-2H3,(H2,19,20,21);1H. The SMILES string of the molecule is CCNC(=NCCCc1ccccc1)NCCCCOCC.I. The molecule has 0 spiro atoms. The summed E-state index contributed by atoms with van der Waals surface area (Å²) in [7, 11) is 0. The van der Waals surface area contributed by atoms with Crippen molar-refractivity contribution in [2.45, 2.75) is 39.5 Å². The molecule has 0 saturated heterocycles. The van der Waals surface area contributed by atoms with E-state index in [1.165, 1.54) is 5.56 Å². The molecule has 0 unspecified atom stereocenters. The minimum Gasteiger partial charge on any atom is -0.382 e. The van der Waals surface area contributed by atoms with Crippen LogP contribution in [-0.4, -0.2) is 38.8 Å². The summed E-state index contributed by atoms with van der Waals surface area (Å²) in [5.74, 6) is 0.923. The number of rotatable bonds is 11. The normalized spacial score (nSPS) is 11.0. The maximum absolute atomic E-state index is 5.34. The summed E-state index contributed by atoms with van der Waals surface area (Å²) in [4.78, 5) is 4.63. The van der Waals surface area contributed by atoms with E-state index >= 15 is 0 Å². The molecular formula is C18H32IN3O. The Kier molecular flexibility index (Phi) is 15.5. The number of hydrogen-bond acceptors (Lipinski definition) is 2. The first-order valence-electron chi connectivity index (χ1n) is 8.50. The van der Waals surface area contributed by atoms with E-state index in [0.717, 1.165) is 64.5 Å². The van der Waals surface area contributed by atoms with Crippen LogP contribution in [0.3, 0.4) is 0 Å². The summed E-state index contributed by atoms with van der Waals surface area (Å²) in [5, 5.41) is 6.67. The van der Waals surface area contributed by atoms with Crippen molar-refractivity contribution >= 4 is 29.9 Å². The molecule has 5 heteroatoms. The molecule has 0 amide bonds. The second-order valence-electron chi connectivity index (χ2n) is 5.18. The maximum atomic E-state index is 5.34. The van der Waals surface area contributed by atoms with Gasteiger partial charge in [-0.15, -0.1) is 24.0 Å². The highest BCUT2D eigenvalue weighted by atomic mass is 127. The number of ether oxygens (including phenoxy) is 1. The average Bonchev–Trinajstić information content (AvgIpc) is 2.55. The number of hydrogen-bond donors (Lipinski definition) is 2. The van der Waals surface area contributed by atoms with Gasteiger partial charge in [0.05, 0.1) is 0 Å². The topological polar surface area (TPSA) is 45.7 Å². The smallest absolute Gasteiger partial charge is 0.191 e. The maximum Gasteiger partial charge on any atom is 0.191 e. The van der Waals surface area contributed by atoms with Gasteiger partial charge in [-0.05, 0) is 45.1 Å². The van der Waals surface area contributed by atoms with Gasteiger partial charge >= 0.3 is 0 Å². The summed E-state index contributed by atoms with van der Waals surface area (Å²) >= 11 is 0. The van der Waals surface area contributed by atoms with E-state index in [1.807, 2.05) is 6.92 Å². The molecule has 0 fully saturated rings. The van der Waals surface area contributed by atoms with Gasteiger partial charge in [0.2, 0.25) is 0 Å². The minimum atomic E-state index is 0. The molecule has 0 aliphatic carbocycles. The number of unbranched alkanes of at least 4 members (excludes halogenated alkanes) is 1. The van der Waals surface area contributed by atoms with Crippen molar-refractivity contribution in [3.8, 4) is 0 Å². The predicted molar refractivity (Wildman–Crippen MR) is 110 cm³/mol. The Balaban J connectivity index is 0.00000484. The van der Waals surface area contributed by atoms with E-state index in [0.29, 0.717) is 0 Å². The number of benzene rings is 1. The third-order valence-corrected chi connectivity index (χ3v) is 3.29. The fourth-order valence-electron chi connectivity index (χ4n) is 2.14. The molecule has 1 rings (SSSR count). The Hall–Kier alpha value is -0.820. The Labute approximate surface area is 158 Å². The largest absolute Gasteiger partial charge is 0.382 e. The fraction of sp³-hybridized carbons (Fsp3) is 0.611. The van der Waals surface area contributed by atoms with Crippen molar-refractivity contribution < 1.29 is 4.74 Å².